The van der Waals surface area contributed by atoms with Crippen molar-refractivity contribution in [1.29, 1.82) is 0 Å². The number of carbonyl (C=O) groups is 2. The van der Waals surface area contributed by atoms with E-state index in [1.807, 2.05) is 0 Å². The lowest BCUT2D eigenvalue weighted by atomic mass is 9.46. The minimum atomic E-state index is -3.17. The molecule has 0 radical (unpaired) electrons. The summed E-state index contributed by atoms with van der Waals surface area (Å²) in [5.41, 5.74) is -5.30. The van der Waals surface area contributed by atoms with Crippen molar-refractivity contribution in [1.82, 2.24) is 15.6 Å². The molecule has 0 bridgehead atoms. The average Bonchev–Trinajstić information content (AvgIpc) is 3.38. The third-order valence-corrected chi connectivity index (χ3v) is 9.87. The molecule has 2 aromatic rings. The maximum absolute atomic E-state index is 17.9. The number of pyridine rings is 1. The number of ether oxygens (including phenoxy) is 1. The summed E-state index contributed by atoms with van der Waals surface area (Å²) >= 11 is 12.2. The third-order valence-electron chi connectivity index (χ3n) is 9.37. The number of anilines is 1. The molecule has 2 spiro atoms. The zero-order valence-corrected chi connectivity index (χ0v) is 23.7. The predicted octanol–water partition coefficient (Wildman–Crippen LogP) is 3.88. The highest BCUT2D eigenvalue weighted by molar-refractivity contribution is 6.31. The largest absolute Gasteiger partial charge is 0.394 e. The van der Waals surface area contributed by atoms with Crippen LogP contribution in [0.4, 0.5) is 23.2 Å². The van der Waals surface area contributed by atoms with Crippen molar-refractivity contribution < 1.29 is 37.0 Å². The minimum absolute atomic E-state index is 0.0158. The number of aromatic nitrogens is 1. The van der Waals surface area contributed by atoms with Crippen LogP contribution in [0, 0.1) is 11.2 Å². The second kappa shape index (κ2) is 10.3. The maximum atomic E-state index is 17.9. The molecule has 3 aliphatic heterocycles. The molecule has 2 saturated heterocycles. The molecule has 1 aliphatic carbocycles. The van der Waals surface area contributed by atoms with Gasteiger partial charge in [-0.3, -0.25) is 23.7 Å². The molecule has 6 rings (SSSR count). The number of carbonyl (C=O) groups excluding carboxylic acids is 2. The third kappa shape index (κ3) is 4.02. The first-order valence-corrected chi connectivity index (χ1v) is 14.3. The van der Waals surface area contributed by atoms with Gasteiger partial charge in [-0.1, -0.05) is 29.3 Å². The molecule has 1 saturated carbocycles. The van der Waals surface area contributed by atoms with Crippen molar-refractivity contribution in [3.05, 3.63) is 57.6 Å². The monoisotopic (exact) mass is 630 g/mol. The zero-order valence-electron chi connectivity index (χ0n) is 22.2. The quantitative estimate of drug-likeness (QED) is 0.219. The summed E-state index contributed by atoms with van der Waals surface area (Å²) in [5, 5.41) is 17.0. The Hall–Kier alpha value is -2.51. The summed E-state index contributed by atoms with van der Waals surface area (Å²) in [5.74, 6) is -8.19. The van der Waals surface area contributed by atoms with Crippen LogP contribution in [-0.2, 0) is 19.7 Å². The summed E-state index contributed by atoms with van der Waals surface area (Å²) in [6.07, 6.45) is 0.742. The van der Waals surface area contributed by atoms with Crippen molar-refractivity contribution in [3.8, 4) is 0 Å². The molecule has 226 valence electrons. The number of rotatable bonds is 6. The van der Waals surface area contributed by atoms with Crippen molar-refractivity contribution in [3.63, 3.8) is 0 Å². The second-order valence-electron chi connectivity index (χ2n) is 11.8. The molecule has 4 N–H and O–H groups in total. The number of benzene rings is 1. The number of alkyl halides is 3. The van der Waals surface area contributed by atoms with E-state index in [0.717, 1.165) is 12.3 Å². The Balaban J connectivity index is 1.55. The maximum Gasteiger partial charge on any atom is 0.273 e. The van der Waals surface area contributed by atoms with Gasteiger partial charge in [-0.2, -0.15) is 0 Å². The average molecular weight is 631 g/mol. The van der Waals surface area contributed by atoms with Crippen LogP contribution in [0.3, 0.4) is 0 Å². The van der Waals surface area contributed by atoms with Crippen molar-refractivity contribution in [2.75, 3.05) is 31.9 Å². The Morgan fingerprint density at radius 1 is 1.19 bits per heavy atom. The number of aliphatic hydroxyl groups is 1. The molecule has 2 amide bonds. The number of nitrogens with zero attached hydrogens (tertiary/aromatic N) is 1. The molecule has 8 nitrogen and oxygen atoms in total. The van der Waals surface area contributed by atoms with Crippen LogP contribution in [0.5, 0.6) is 0 Å². The van der Waals surface area contributed by atoms with Crippen molar-refractivity contribution >= 4 is 40.7 Å². The van der Waals surface area contributed by atoms with Gasteiger partial charge in [-0.05, 0) is 49.4 Å². The molecule has 4 heterocycles. The van der Waals surface area contributed by atoms with Crippen LogP contribution in [0.2, 0.25) is 10.2 Å². The van der Waals surface area contributed by atoms with E-state index in [0.29, 0.717) is 12.8 Å². The molecule has 42 heavy (non-hydrogen) atoms. The predicted molar refractivity (Wildman–Crippen MR) is 145 cm³/mol. The Kier molecular flexibility index (Phi) is 7.24. The highest BCUT2D eigenvalue weighted by Gasteiger charge is 2.82. The molecule has 3 fully saturated rings. The summed E-state index contributed by atoms with van der Waals surface area (Å²) in [6, 6.07) is 4.87. The van der Waals surface area contributed by atoms with Crippen molar-refractivity contribution in [2.45, 2.75) is 60.5 Å². The van der Waals surface area contributed by atoms with Gasteiger partial charge in [0.05, 0.1) is 44.6 Å². The first kappa shape index (κ1) is 29.6. The number of aliphatic hydroxyl groups excluding tert-OH is 1. The van der Waals surface area contributed by atoms with Gasteiger partial charge < -0.3 is 20.5 Å². The van der Waals surface area contributed by atoms with Crippen LogP contribution in [0.1, 0.15) is 42.7 Å². The summed E-state index contributed by atoms with van der Waals surface area (Å²) < 4.78 is 67.7. The molecule has 14 heteroatoms. The zero-order chi connectivity index (χ0) is 30.1. The normalized spacial score (nSPS) is 32.5. The van der Waals surface area contributed by atoms with E-state index in [9.17, 15) is 23.5 Å². The standard InChI is InChI=1S/C28H28Cl2F4N4O4/c29-14-1-4-18-19(7-14)37-23(40)27(18)21(17-5-6-35-22(30)20(17)33)28(34,38-26(27)10-25(11-26,12-31)13-32)24(41)36-15-2-3-16(8-39)42-9-15/h1,4-7,15-16,21,38-39H,2-3,8-13H2,(H,36,41)(H,37,40)/t15-,16+,21-,27-,28+/m1/s1. The fraction of sp³-hybridized carbons (Fsp3) is 0.536. The summed E-state index contributed by atoms with van der Waals surface area (Å²) in [6.45, 7) is -2.41. The highest BCUT2D eigenvalue weighted by Crippen LogP contribution is 2.71. The Morgan fingerprint density at radius 2 is 1.93 bits per heavy atom. The highest BCUT2D eigenvalue weighted by atomic mass is 35.5. The van der Waals surface area contributed by atoms with Gasteiger partial charge in [-0.15, -0.1) is 0 Å². The van der Waals surface area contributed by atoms with Crippen LogP contribution in [0.25, 0.3) is 0 Å². The molecule has 1 aromatic heterocycles. The number of fused-ring (bicyclic) bond motifs is 3. The van der Waals surface area contributed by atoms with Gasteiger partial charge >= 0.3 is 0 Å². The smallest absolute Gasteiger partial charge is 0.273 e. The van der Waals surface area contributed by atoms with E-state index in [-0.39, 0.29) is 42.3 Å². The summed E-state index contributed by atoms with van der Waals surface area (Å²) in [7, 11) is 0. The topological polar surface area (TPSA) is 113 Å². The van der Waals surface area contributed by atoms with E-state index in [2.05, 4.69) is 20.9 Å². The first-order valence-electron chi connectivity index (χ1n) is 13.5. The molecule has 5 atom stereocenters. The number of halogens is 6. The molecule has 1 aromatic carbocycles. The van der Waals surface area contributed by atoms with Crippen LogP contribution in [0.15, 0.2) is 30.5 Å². The van der Waals surface area contributed by atoms with E-state index in [1.165, 1.54) is 18.2 Å². The number of hydrogen-bond acceptors (Lipinski definition) is 6. The van der Waals surface area contributed by atoms with Gasteiger partial charge in [0.15, 0.2) is 11.0 Å². The van der Waals surface area contributed by atoms with E-state index in [1.54, 1.807) is 0 Å². The number of hydrogen-bond donors (Lipinski definition) is 4. The van der Waals surface area contributed by atoms with Crippen molar-refractivity contribution in [2.24, 2.45) is 5.41 Å². The van der Waals surface area contributed by atoms with E-state index < -0.39 is 81.9 Å². The fourth-order valence-electron chi connectivity index (χ4n) is 7.63. The Labute approximate surface area is 248 Å². The van der Waals surface area contributed by atoms with Crippen LogP contribution >= 0.6 is 23.2 Å². The van der Waals surface area contributed by atoms with E-state index >= 15 is 8.78 Å². The lowest BCUT2D eigenvalue weighted by Gasteiger charge is -2.58. The lowest BCUT2D eigenvalue weighted by Crippen LogP contribution is -2.71. The second-order valence-corrected chi connectivity index (χ2v) is 12.6. The van der Waals surface area contributed by atoms with Crippen LogP contribution in [-0.4, -0.2) is 71.9 Å². The molecule has 4 aliphatic rings. The molecule has 0 unspecified atom stereocenters. The molecular formula is C28H28Cl2F4N4O4. The Bertz CT molecular complexity index is 1430. The van der Waals surface area contributed by atoms with Gasteiger partial charge in [0.25, 0.3) is 5.91 Å². The summed E-state index contributed by atoms with van der Waals surface area (Å²) in [4.78, 5) is 31.9. The minimum Gasteiger partial charge on any atom is -0.394 e. The number of amides is 2. The van der Waals surface area contributed by atoms with Crippen LogP contribution < -0.4 is 16.0 Å². The first-order chi connectivity index (χ1) is 20.0. The lowest BCUT2D eigenvalue weighted by molar-refractivity contribution is -0.140. The van der Waals surface area contributed by atoms with E-state index in [4.69, 9.17) is 27.9 Å². The van der Waals surface area contributed by atoms with Gasteiger partial charge in [0.1, 0.15) is 5.41 Å². The SMILES string of the molecule is O=C(N[C@@H]1CC[C@@H](CO)OC1)[C@@]1(F)NC2(CC(CF)(CF)C2)[C@@]2(C(=O)Nc3cc(Cl)ccc32)[C@H]1c1ccnc(Cl)c1F. The molecular weight excluding hydrogens is 603 g/mol. The fourth-order valence-corrected chi connectivity index (χ4v) is 7.96. The van der Waals surface area contributed by atoms with Gasteiger partial charge in [-0.25, -0.2) is 13.8 Å². The Morgan fingerprint density at radius 3 is 2.57 bits per heavy atom. The van der Waals surface area contributed by atoms with Gasteiger partial charge in [0, 0.05) is 33.4 Å². The number of nitrogens with one attached hydrogen (secondary N) is 3. The van der Waals surface area contributed by atoms with Gasteiger partial charge in [0.2, 0.25) is 11.7 Å².